The largest absolute Gasteiger partial charge is 0.464 e. The summed E-state index contributed by atoms with van der Waals surface area (Å²) in [5.74, 6) is -0.0960. The number of amides is 1. The number of carbonyl (C=O) groups excluding carboxylic acids is 1. The van der Waals surface area contributed by atoms with Crippen LogP contribution in [0.15, 0.2) is 47.1 Å². The van der Waals surface area contributed by atoms with Crippen molar-refractivity contribution in [3.8, 4) is 0 Å². The van der Waals surface area contributed by atoms with Gasteiger partial charge in [-0.15, -0.1) is 0 Å². The van der Waals surface area contributed by atoms with E-state index in [1.54, 1.807) is 18.4 Å². The molecule has 1 aromatic heterocycles. The minimum absolute atomic E-state index is 0.0960. The lowest BCUT2D eigenvalue weighted by Crippen LogP contribution is -2.14. The Morgan fingerprint density at radius 2 is 1.96 bits per heavy atom. The quantitative estimate of drug-likeness (QED) is 0.754. The van der Waals surface area contributed by atoms with Crippen LogP contribution in [0.4, 0.5) is 5.69 Å². The third-order valence-corrected chi connectivity index (χ3v) is 4.70. The van der Waals surface area contributed by atoms with Crippen LogP contribution in [0.2, 0.25) is 5.02 Å². The van der Waals surface area contributed by atoms with E-state index in [9.17, 15) is 4.79 Å². The minimum Gasteiger partial charge on any atom is -0.464 e. The zero-order valence-corrected chi connectivity index (χ0v) is 13.3. The SMILES string of the molecule is O=C(Cc1coc2cc3c(cc12)CCC3)Nc1ccccc1Cl. The molecule has 0 unspecified atom stereocenters. The number of nitrogens with one attached hydrogen (secondary N) is 1. The molecule has 0 radical (unpaired) electrons. The van der Waals surface area contributed by atoms with Crippen LogP contribution in [0.3, 0.4) is 0 Å². The molecule has 0 saturated carbocycles. The molecule has 1 amide bonds. The molecule has 0 saturated heterocycles. The maximum absolute atomic E-state index is 12.3. The molecular formula is C19H16ClNO2. The predicted octanol–water partition coefficient (Wildman–Crippen LogP) is 4.76. The van der Waals surface area contributed by atoms with Gasteiger partial charge in [0.05, 0.1) is 23.4 Å². The summed E-state index contributed by atoms with van der Waals surface area (Å²) >= 11 is 6.08. The molecule has 0 fully saturated rings. The Morgan fingerprint density at radius 3 is 2.78 bits per heavy atom. The normalized spacial score (nSPS) is 13.3. The topological polar surface area (TPSA) is 42.2 Å². The number of hydrogen-bond donors (Lipinski definition) is 1. The molecular weight excluding hydrogens is 310 g/mol. The smallest absolute Gasteiger partial charge is 0.228 e. The monoisotopic (exact) mass is 325 g/mol. The van der Waals surface area contributed by atoms with Gasteiger partial charge in [0.2, 0.25) is 5.91 Å². The van der Waals surface area contributed by atoms with Crippen LogP contribution in [0.25, 0.3) is 11.0 Å². The molecule has 1 heterocycles. The molecule has 1 aliphatic carbocycles. The number of rotatable bonds is 3. The van der Waals surface area contributed by atoms with E-state index in [1.165, 1.54) is 17.5 Å². The molecule has 0 atom stereocenters. The fourth-order valence-corrected chi connectivity index (χ4v) is 3.40. The fraction of sp³-hybridized carbons (Fsp3) is 0.211. The molecule has 0 bridgehead atoms. The zero-order valence-electron chi connectivity index (χ0n) is 12.6. The second-order valence-electron chi connectivity index (χ2n) is 5.94. The summed E-state index contributed by atoms with van der Waals surface area (Å²) in [5.41, 5.74) is 5.17. The van der Waals surface area contributed by atoms with E-state index >= 15 is 0 Å². The summed E-state index contributed by atoms with van der Waals surface area (Å²) in [5, 5.41) is 4.43. The van der Waals surface area contributed by atoms with Gasteiger partial charge < -0.3 is 9.73 Å². The second kappa shape index (κ2) is 5.74. The average Bonchev–Trinajstić information content (AvgIpc) is 3.14. The summed E-state index contributed by atoms with van der Waals surface area (Å²) < 4.78 is 5.64. The summed E-state index contributed by atoms with van der Waals surface area (Å²) in [6.45, 7) is 0. The van der Waals surface area contributed by atoms with E-state index < -0.39 is 0 Å². The van der Waals surface area contributed by atoms with Gasteiger partial charge in [-0.25, -0.2) is 0 Å². The number of carbonyl (C=O) groups is 1. The third-order valence-electron chi connectivity index (χ3n) is 4.37. The number of aryl methyl sites for hydroxylation is 2. The predicted molar refractivity (Wildman–Crippen MR) is 92.0 cm³/mol. The number of hydrogen-bond acceptors (Lipinski definition) is 2. The lowest BCUT2D eigenvalue weighted by molar-refractivity contribution is -0.115. The van der Waals surface area contributed by atoms with Crippen molar-refractivity contribution < 1.29 is 9.21 Å². The molecule has 4 heteroatoms. The van der Waals surface area contributed by atoms with Crippen molar-refractivity contribution in [2.75, 3.05) is 5.32 Å². The van der Waals surface area contributed by atoms with Gasteiger partial charge in [-0.3, -0.25) is 4.79 Å². The first-order chi connectivity index (χ1) is 11.2. The first-order valence-electron chi connectivity index (χ1n) is 7.77. The van der Waals surface area contributed by atoms with Gasteiger partial charge in [0.1, 0.15) is 5.58 Å². The lowest BCUT2D eigenvalue weighted by atomic mass is 10.0. The van der Waals surface area contributed by atoms with E-state index in [0.29, 0.717) is 10.7 Å². The number of halogens is 1. The Hall–Kier alpha value is -2.26. The van der Waals surface area contributed by atoms with E-state index in [0.717, 1.165) is 29.4 Å². The van der Waals surface area contributed by atoms with Gasteiger partial charge in [0.25, 0.3) is 0 Å². The summed E-state index contributed by atoms with van der Waals surface area (Å²) in [6.07, 6.45) is 5.39. The van der Waals surface area contributed by atoms with Gasteiger partial charge in [0.15, 0.2) is 0 Å². The number of para-hydroxylation sites is 1. The highest BCUT2D eigenvalue weighted by Gasteiger charge is 2.17. The molecule has 116 valence electrons. The number of fused-ring (bicyclic) bond motifs is 2. The molecule has 3 nitrogen and oxygen atoms in total. The van der Waals surface area contributed by atoms with Crippen LogP contribution in [-0.2, 0) is 24.1 Å². The number of anilines is 1. The van der Waals surface area contributed by atoms with Crippen LogP contribution < -0.4 is 5.32 Å². The van der Waals surface area contributed by atoms with Gasteiger partial charge in [-0.2, -0.15) is 0 Å². The molecule has 1 N–H and O–H groups in total. The Balaban J connectivity index is 1.58. The first kappa shape index (κ1) is 14.3. The highest BCUT2D eigenvalue weighted by molar-refractivity contribution is 6.33. The molecule has 1 aliphatic rings. The van der Waals surface area contributed by atoms with Gasteiger partial charge in [-0.05, 0) is 54.7 Å². The molecule has 3 aromatic rings. The molecule has 0 spiro atoms. The summed E-state index contributed by atoms with van der Waals surface area (Å²) in [4.78, 5) is 12.3. The molecule has 23 heavy (non-hydrogen) atoms. The van der Waals surface area contributed by atoms with Crippen molar-refractivity contribution in [3.05, 3.63) is 64.4 Å². The van der Waals surface area contributed by atoms with E-state index in [2.05, 4.69) is 17.4 Å². The highest BCUT2D eigenvalue weighted by Crippen LogP contribution is 2.30. The standard InChI is InChI=1S/C19H16ClNO2/c20-16-6-1-2-7-17(16)21-19(22)10-14-11-23-18-9-13-5-3-4-12(13)8-15(14)18/h1-2,6-9,11H,3-5,10H2,(H,21,22). The molecule has 0 aliphatic heterocycles. The number of benzene rings is 2. The van der Waals surface area contributed by atoms with Gasteiger partial charge in [-0.1, -0.05) is 23.7 Å². The molecule has 2 aromatic carbocycles. The fourth-order valence-electron chi connectivity index (χ4n) is 3.21. The van der Waals surface area contributed by atoms with Gasteiger partial charge >= 0.3 is 0 Å². The maximum atomic E-state index is 12.3. The Morgan fingerprint density at radius 1 is 1.17 bits per heavy atom. The second-order valence-corrected chi connectivity index (χ2v) is 6.34. The van der Waals surface area contributed by atoms with E-state index in [1.807, 2.05) is 12.1 Å². The zero-order chi connectivity index (χ0) is 15.8. The van der Waals surface area contributed by atoms with Crippen molar-refractivity contribution in [1.29, 1.82) is 0 Å². The van der Waals surface area contributed by atoms with Crippen molar-refractivity contribution in [2.45, 2.75) is 25.7 Å². The van der Waals surface area contributed by atoms with Crippen molar-refractivity contribution in [3.63, 3.8) is 0 Å². The maximum Gasteiger partial charge on any atom is 0.228 e. The van der Waals surface area contributed by atoms with Crippen molar-refractivity contribution >= 4 is 34.2 Å². The van der Waals surface area contributed by atoms with Crippen LogP contribution in [0, 0.1) is 0 Å². The van der Waals surface area contributed by atoms with Crippen LogP contribution >= 0.6 is 11.6 Å². The summed E-state index contributed by atoms with van der Waals surface area (Å²) in [7, 11) is 0. The average molecular weight is 326 g/mol. The van der Waals surface area contributed by atoms with E-state index in [4.69, 9.17) is 16.0 Å². The Bertz CT molecular complexity index is 898. The first-order valence-corrected chi connectivity index (χ1v) is 8.15. The van der Waals surface area contributed by atoms with Crippen molar-refractivity contribution in [2.24, 2.45) is 0 Å². The van der Waals surface area contributed by atoms with Crippen LogP contribution in [0.5, 0.6) is 0 Å². The lowest BCUT2D eigenvalue weighted by Gasteiger charge is -2.06. The van der Waals surface area contributed by atoms with Gasteiger partial charge in [0, 0.05) is 10.9 Å². The van der Waals surface area contributed by atoms with Crippen molar-refractivity contribution in [1.82, 2.24) is 0 Å². The third kappa shape index (κ3) is 2.73. The van der Waals surface area contributed by atoms with Crippen LogP contribution in [0.1, 0.15) is 23.1 Å². The Kier molecular flexibility index (Phi) is 3.58. The number of furan rings is 1. The van der Waals surface area contributed by atoms with E-state index in [-0.39, 0.29) is 12.3 Å². The minimum atomic E-state index is -0.0960. The molecule has 4 rings (SSSR count). The highest BCUT2D eigenvalue weighted by atomic mass is 35.5. The van der Waals surface area contributed by atoms with Crippen LogP contribution in [-0.4, -0.2) is 5.91 Å². The Labute approximate surface area is 139 Å². The summed E-state index contributed by atoms with van der Waals surface area (Å²) in [6, 6.07) is 11.5.